The lowest BCUT2D eigenvalue weighted by molar-refractivity contribution is 0.894. The van der Waals surface area contributed by atoms with E-state index in [0.29, 0.717) is 10.7 Å². The molecule has 0 fully saturated rings. The van der Waals surface area contributed by atoms with E-state index in [2.05, 4.69) is 15.1 Å². The summed E-state index contributed by atoms with van der Waals surface area (Å²) >= 11 is 11.9. The van der Waals surface area contributed by atoms with Crippen molar-refractivity contribution in [2.45, 2.75) is 6.92 Å². The molecule has 2 heterocycles. The number of benzene rings is 1. The smallest absolute Gasteiger partial charge is 0.224 e. The van der Waals surface area contributed by atoms with E-state index in [-0.39, 0.29) is 5.28 Å². The summed E-state index contributed by atoms with van der Waals surface area (Å²) in [6.07, 6.45) is 3.34. The molecular formula is C12H8Cl2N4. The number of halogens is 2. The summed E-state index contributed by atoms with van der Waals surface area (Å²) in [7, 11) is 0. The fourth-order valence-corrected chi connectivity index (χ4v) is 2.00. The Morgan fingerprint density at radius 2 is 2.00 bits per heavy atom. The van der Waals surface area contributed by atoms with E-state index in [1.54, 1.807) is 17.1 Å². The normalized spacial score (nSPS) is 11.1. The van der Waals surface area contributed by atoms with Crippen molar-refractivity contribution in [2.24, 2.45) is 0 Å². The maximum absolute atomic E-state index is 6.11. The molecule has 0 aliphatic rings. The lowest BCUT2D eigenvalue weighted by atomic mass is 10.2. The van der Waals surface area contributed by atoms with Crippen LogP contribution in [0.1, 0.15) is 5.56 Å². The average Bonchev–Trinajstić information content (AvgIpc) is 2.75. The van der Waals surface area contributed by atoms with Gasteiger partial charge in [-0.15, -0.1) is 0 Å². The van der Waals surface area contributed by atoms with E-state index in [1.807, 2.05) is 25.1 Å². The molecule has 0 saturated carbocycles. The number of fused-ring (bicyclic) bond motifs is 1. The van der Waals surface area contributed by atoms with Crippen LogP contribution in [0.2, 0.25) is 10.3 Å². The van der Waals surface area contributed by atoms with Gasteiger partial charge in [0, 0.05) is 11.2 Å². The largest absolute Gasteiger partial charge is 0.226 e. The van der Waals surface area contributed by atoms with Crippen molar-refractivity contribution in [1.82, 2.24) is 19.7 Å². The van der Waals surface area contributed by atoms with Gasteiger partial charge in [0.15, 0.2) is 5.65 Å². The highest BCUT2D eigenvalue weighted by atomic mass is 35.5. The minimum Gasteiger partial charge on any atom is -0.226 e. The molecule has 0 amide bonds. The van der Waals surface area contributed by atoms with Crippen molar-refractivity contribution < 1.29 is 0 Å². The predicted octanol–water partition coefficient (Wildman–Crippen LogP) is 3.43. The third-order valence-electron chi connectivity index (χ3n) is 2.68. The standard InChI is InChI=1S/C12H8Cl2N4/c1-7-2-3-9(4-10(7)13)18-11-8(6-16-18)5-15-12(14)17-11/h2-6H,1H3. The summed E-state index contributed by atoms with van der Waals surface area (Å²) in [6, 6.07) is 5.72. The van der Waals surface area contributed by atoms with Gasteiger partial charge in [0.05, 0.1) is 17.3 Å². The fraction of sp³-hybridized carbons (Fsp3) is 0.0833. The second kappa shape index (κ2) is 4.23. The van der Waals surface area contributed by atoms with E-state index < -0.39 is 0 Å². The summed E-state index contributed by atoms with van der Waals surface area (Å²) in [5.74, 6) is 0. The topological polar surface area (TPSA) is 43.6 Å². The molecule has 0 spiro atoms. The van der Waals surface area contributed by atoms with Crippen molar-refractivity contribution in [3.8, 4) is 5.69 Å². The van der Waals surface area contributed by atoms with Crippen molar-refractivity contribution >= 4 is 34.2 Å². The number of rotatable bonds is 1. The first-order valence-electron chi connectivity index (χ1n) is 5.28. The van der Waals surface area contributed by atoms with Gasteiger partial charge in [0.2, 0.25) is 5.28 Å². The van der Waals surface area contributed by atoms with Crippen LogP contribution in [0.4, 0.5) is 0 Å². The molecule has 0 aliphatic carbocycles. The molecule has 0 unspecified atom stereocenters. The zero-order valence-corrected chi connectivity index (χ0v) is 10.9. The van der Waals surface area contributed by atoms with Gasteiger partial charge in [-0.1, -0.05) is 17.7 Å². The van der Waals surface area contributed by atoms with Crippen molar-refractivity contribution in [1.29, 1.82) is 0 Å². The Bertz CT molecular complexity index is 736. The molecule has 0 N–H and O–H groups in total. The van der Waals surface area contributed by atoms with Crippen LogP contribution in [0.15, 0.2) is 30.6 Å². The molecule has 0 radical (unpaired) electrons. The van der Waals surface area contributed by atoms with E-state index in [4.69, 9.17) is 23.2 Å². The molecule has 3 rings (SSSR count). The Balaban J connectivity index is 2.24. The molecule has 1 aromatic carbocycles. The zero-order valence-electron chi connectivity index (χ0n) is 9.43. The van der Waals surface area contributed by atoms with Gasteiger partial charge in [-0.05, 0) is 36.2 Å². The lowest BCUT2D eigenvalue weighted by Crippen LogP contribution is -1.98. The van der Waals surface area contributed by atoms with Crippen molar-refractivity contribution in [3.05, 3.63) is 46.5 Å². The molecule has 6 heteroatoms. The first-order chi connectivity index (χ1) is 8.65. The SMILES string of the molecule is Cc1ccc(-n2ncc3cnc(Cl)nc32)cc1Cl. The molecule has 0 aliphatic heterocycles. The lowest BCUT2D eigenvalue weighted by Gasteiger charge is -2.05. The van der Waals surface area contributed by atoms with Crippen molar-refractivity contribution in [2.75, 3.05) is 0 Å². The number of hydrogen-bond donors (Lipinski definition) is 0. The van der Waals surface area contributed by atoms with Crippen LogP contribution in [-0.2, 0) is 0 Å². The number of aromatic nitrogens is 4. The summed E-state index contributed by atoms with van der Waals surface area (Å²) in [5.41, 5.74) is 2.52. The summed E-state index contributed by atoms with van der Waals surface area (Å²) < 4.78 is 1.69. The molecular weight excluding hydrogens is 271 g/mol. The van der Waals surface area contributed by atoms with Crippen LogP contribution >= 0.6 is 23.2 Å². The third kappa shape index (κ3) is 1.83. The van der Waals surface area contributed by atoms with E-state index in [0.717, 1.165) is 16.6 Å². The summed E-state index contributed by atoms with van der Waals surface area (Å²) in [5, 5.41) is 5.99. The second-order valence-corrected chi connectivity index (χ2v) is 4.65. The van der Waals surface area contributed by atoms with Crippen LogP contribution in [0.5, 0.6) is 0 Å². The van der Waals surface area contributed by atoms with Crippen molar-refractivity contribution in [3.63, 3.8) is 0 Å². The third-order valence-corrected chi connectivity index (χ3v) is 3.27. The van der Waals surface area contributed by atoms with Gasteiger partial charge < -0.3 is 0 Å². The first kappa shape index (κ1) is 11.4. The van der Waals surface area contributed by atoms with E-state index in [1.165, 1.54) is 0 Å². The quantitative estimate of drug-likeness (QED) is 0.641. The number of nitrogens with zero attached hydrogens (tertiary/aromatic N) is 4. The molecule has 3 aromatic rings. The molecule has 0 saturated heterocycles. The maximum Gasteiger partial charge on any atom is 0.224 e. The van der Waals surface area contributed by atoms with Gasteiger partial charge >= 0.3 is 0 Å². The van der Waals surface area contributed by atoms with Gasteiger partial charge in [0.1, 0.15) is 0 Å². The number of aryl methyl sites for hydroxylation is 1. The highest BCUT2D eigenvalue weighted by molar-refractivity contribution is 6.31. The molecule has 4 nitrogen and oxygen atoms in total. The van der Waals surface area contributed by atoms with Crippen LogP contribution in [0.3, 0.4) is 0 Å². The average molecular weight is 279 g/mol. The van der Waals surface area contributed by atoms with Crippen LogP contribution < -0.4 is 0 Å². The first-order valence-corrected chi connectivity index (χ1v) is 6.03. The highest BCUT2D eigenvalue weighted by Gasteiger charge is 2.08. The second-order valence-electron chi connectivity index (χ2n) is 3.91. The van der Waals surface area contributed by atoms with Crippen LogP contribution in [-0.4, -0.2) is 19.7 Å². The summed E-state index contributed by atoms with van der Waals surface area (Å²) in [4.78, 5) is 8.10. The van der Waals surface area contributed by atoms with Gasteiger partial charge in [0.25, 0.3) is 0 Å². The molecule has 90 valence electrons. The van der Waals surface area contributed by atoms with Gasteiger partial charge in [-0.25, -0.2) is 9.67 Å². The minimum atomic E-state index is 0.197. The Morgan fingerprint density at radius 1 is 1.17 bits per heavy atom. The number of hydrogen-bond acceptors (Lipinski definition) is 3. The van der Waals surface area contributed by atoms with E-state index in [9.17, 15) is 0 Å². The zero-order chi connectivity index (χ0) is 12.7. The maximum atomic E-state index is 6.11. The van der Waals surface area contributed by atoms with Crippen LogP contribution in [0, 0.1) is 6.92 Å². The van der Waals surface area contributed by atoms with Gasteiger partial charge in [-0.2, -0.15) is 10.1 Å². The monoisotopic (exact) mass is 278 g/mol. The fourth-order valence-electron chi connectivity index (χ4n) is 1.70. The highest BCUT2D eigenvalue weighted by Crippen LogP contribution is 2.22. The Hall–Kier alpha value is -1.65. The Morgan fingerprint density at radius 3 is 2.78 bits per heavy atom. The van der Waals surface area contributed by atoms with Gasteiger partial charge in [-0.3, -0.25) is 0 Å². The molecule has 2 aromatic heterocycles. The summed E-state index contributed by atoms with van der Waals surface area (Å²) in [6.45, 7) is 1.95. The molecule has 0 atom stereocenters. The Kier molecular flexibility index (Phi) is 2.69. The molecule has 0 bridgehead atoms. The Labute approximate surface area is 113 Å². The minimum absolute atomic E-state index is 0.197. The molecule has 18 heavy (non-hydrogen) atoms. The predicted molar refractivity (Wildman–Crippen MR) is 71.4 cm³/mol. The van der Waals surface area contributed by atoms with Crippen LogP contribution in [0.25, 0.3) is 16.7 Å². The van der Waals surface area contributed by atoms with E-state index >= 15 is 0 Å².